The van der Waals surface area contributed by atoms with E-state index in [9.17, 15) is 9.59 Å². The smallest absolute Gasteiger partial charge is 0.335 e. The van der Waals surface area contributed by atoms with E-state index in [1.54, 1.807) is 28.9 Å². The van der Waals surface area contributed by atoms with Crippen LogP contribution in [0.3, 0.4) is 0 Å². The molecule has 0 saturated carbocycles. The number of nitrogens with zero attached hydrogens (tertiary/aromatic N) is 3. The van der Waals surface area contributed by atoms with Crippen molar-refractivity contribution >= 4 is 29.5 Å². The molecule has 0 amide bonds. The average Bonchev–Trinajstić information content (AvgIpc) is 3.25. The minimum atomic E-state index is -0.946. The van der Waals surface area contributed by atoms with Gasteiger partial charge >= 0.3 is 5.97 Å². The topological polar surface area (TPSA) is 106 Å². The maximum atomic E-state index is 13.0. The summed E-state index contributed by atoms with van der Waals surface area (Å²) in [4.78, 5) is 28.8. The van der Waals surface area contributed by atoms with Gasteiger partial charge in [0.25, 0.3) is 0 Å². The summed E-state index contributed by atoms with van der Waals surface area (Å²) in [5.74, 6) is 1.11. The number of benzene rings is 2. The van der Waals surface area contributed by atoms with Crippen molar-refractivity contribution in [3.05, 3.63) is 76.5 Å². The van der Waals surface area contributed by atoms with Crippen LogP contribution in [0.25, 0.3) is 0 Å². The largest absolute Gasteiger partial charge is 0.494 e. The fourth-order valence-electron chi connectivity index (χ4n) is 4.37. The third-order valence-electron chi connectivity index (χ3n) is 5.93. The molecule has 34 heavy (non-hydrogen) atoms. The number of carbonyl (C=O) groups excluding carboxylic acids is 1. The van der Waals surface area contributed by atoms with E-state index in [1.807, 2.05) is 31.2 Å². The fourth-order valence-corrected chi connectivity index (χ4v) is 5.16. The second kappa shape index (κ2) is 9.34. The molecule has 0 unspecified atom stereocenters. The Bertz CT molecular complexity index is 1280. The summed E-state index contributed by atoms with van der Waals surface area (Å²) in [6, 6.07) is 14.1. The van der Waals surface area contributed by atoms with Crippen LogP contribution < -0.4 is 10.1 Å². The third-order valence-corrected chi connectivity index (χ3v) is 6.84. The summed E-state index contributed by atoms with van der Waals surface area (Å²) in [6.07, 6.45) is 2.12. The Hall–Kier alpha value is -3.59. The number of carboxylic acid groups (broad SMARTS) is 1. The molecule has 0 fully saturated rings. The molecule has 5 rings (SSSR count). The Morgan fingerprint density at radius 1 is 1.21 bits per heavy atom. The monoisotopic (exact) mass is 476 g/mol. The average molecular weight is 477 g/mol. The molecule has 1 aliphatic carbocycles. The van der Waals surface area contributed by atoms with E-state index in [4.69, 9.17) is 19.9 Å². The molecule has 174 valence electrons. The second-order valence-electron chi connectivity index (χ2n) is 8.12. The number of aromatic carboxylic acids is 1. The van der Waals surface area contributed by atoms with Gasteiger partial charge in [0.15, 0.2) is 5.78 Å². The zero-order valence-corrected chi connectivity index (χ0v) is 19.5. The minimum Gasteiger partial charge on any atom is -0.494 e. The van der Waals surface area contributed by atoms with Gasteiger partial charge in [0, 0.05) is 29.0 Å². The highest BCUT2D eigenvalue weighted by molar-refractivity contribution is 7.98. The third kappa shape index (κ3) is 4.19. The number of carboxylic acids is 1. The molecule has 0 spiro atoms. The van der Waals surface area contributed by atoms with Gasteiger partial charge in [-0.2, -0.15) is 4.98 Å². The van der Waals surface area contributed by atoms with E-state index >= 15 is 0 Å². The molecule has 8 nitrogen and oxygen atoms in total. The van der Waals surface area contributed by atoms with Crippen LogP contribution in [0.5, 0.6) is 5.75 Å². The van der Waals surface area contributed by atoms with Crippen molar-refractivity contribution in [1.82, 2.24) is 14.8 Å². The van der Waals surface area contributed by atoms with E-state index in [-0.39, 0.29) is 11.3 Å². The number of fused-ring (bicyclic) bond motifs is 1. The highest BCUT2D eigenvalue weighted by Gasteiger charge is 2.38. The number of ether oxygens (including phenoxy) is 1. The Morgan fingerprint density at radius 3 is 2.76 bits per heavy atom. The highest BCUT2D eigenvalue weighted by atomic mass is 32.2. The number of aromatic nitrogens is 3. The molecule has 0 saturated heterocycles. The van der Waals surface area contributed by atoms with Gasteiger partial charge in [-0.15, -0.1) is 5.10 Å². The lowest BCUT2D eigenvalue weighted by Gasteiger charge is -2.32. The Morgan fingerprint density at radius 2 is 2.00 bits per heavy atom. The van der Waals surface area contributed by atoms with Gasteiger partial charge in [0.05, 0.1) is 12.2 Å². The number of para-hydroxylation sites is 1. The molecular weight excluding hydrogens is 452 g/mol. The number of rotatable bonds is 7. The summed E-state index contributed by atoms with van der Waals surface area (Å²) >= 11 is 1.46. The van der Waals surface area contributed by atoms with Crippen LogP contribution in [-0.2, 0) is 10.5 Å². The van der Waals surface area contributed by atoms with E-state index < -0.39 is 12.0 Å². The Kier molecular flexibility index (Phi) is 6.10. The predicted octanol–water partition coefficient (Wildman–Crippen LogP) is 4.69. The molecule has 9 heteroatoms. The number of nitrogens with one attached hydrogen (secondary N) is 1. The van der Waals surface area contributed by atoms with Crippen molar-refractivity contribution in [2.45, 2.75) is 43.1 Å². The molecule has 1 aliphatic heterocycles. The summed E-state index contributed by atoms with van der Waals surface area (Å²) in [5, 5.41) is 17.8. The molecule has 2 aliphatic rings. The normalized spacial score (nSPS) is 17.1. The number of ketones is 1. The van der Waals surface area contributed by atoms with Crippen LogP contribution in [0.1, 0.15) is 53.7 Å². The van der Waals surface area contributed by atoms with Gasteiger partial charge in [-0.25, -0.2) is 9.48 Å². The summed E-state index contributed by atoms with van der Waals surface area (Å²) in [6.45, 7) is 2.46. The molecule has 2 N–H and O–H groups in total. The Labute approximate surface area is 201 Å². The Balaban J connectivity index is 1.48. The number of carbonyl (C=O) groups is 2. The number of anilines is 1. The first-order valence-electron chi connectivity index (χ1n) is 11.2. The maximum absolute atomic E-state index is 13.0. The van der Waals surface area contributed by atoms with Crippen LogP contribution in [0.4, 0.5) is 5.95 Å². The molecular formula is C25H24N4O4S. The fraction of sp³-hybridized carbons (Fsp3) is 0.280. The number of Topliss-reactive ketones (excluding diaryl/α,β-unsaturated/α-hetero) is 1. The van der Waals surface area contributed by atoms with Crippen molar-refractivity contribution in [2.75, 3.05) is 11.9 Å². The van der Waals surface area contributed by atoms with Crippen LogP contribution >= 0.6 is 11.8 Å². The van der Waals surface area contributed by atoms with Gasteiger partial charge in [-0.3, -0.25) is 4.79 Å². The molecule has 1 aromatic heterocycles. The molecule has 2 aromatic carbocycles. The van der Waals surface area contributed by atoms with Crippen molar-refractivity contribution in [3.63, 3.8) is 0 Å². The standard InChI is InChI=1S/C25H24N4O4S/c1-2-33-20-9-4-3-6-17(20)22-21-18(7-5-8-19(21)30)26-24-27-25(28-29(22)24)34-14-15-10-12-16(13-11-15)23(31)32/h3-4,6,9-13,22H,2,5,7-8,14H2,1H3,(H,31,32)(H,26,27,28)/t22-/m0/s1. The number of hydrogen-bond donors (Lipinski definition) is 2. The van der Waals surface area contributed by atoms with E-state index in [0.29, 0.717) is 29.9 Å². The predicted molar refractivity (Wildman–Crippen MR) is 128 cm³/mol. The van der Waals surface area contributed by atoms with Crippen LogP contribution in [0, 0.1) is 0 Å². The van der Waals surface area contributed by atoms with Crippen LogP contribution in [0.2, 0.25) is 0 Å². The summed E-state index contributed by atoms with van der Waals surface area (Å²) in [7, 11) is 0. The SMILES string of the molecule is CCOc1ccccc1[C@H]1C2=C(CCCC2=O)Nc2nc(SCc3ccc(C(=O)O)cc3)nn21. The first-order valence-corrected chi connectivity index (χ1v) is 12.2. The molecule has 2 heterocycles. The van der Waals surface area contributed by atoms with Gasteiger partial charge < -0.3 is 15.2 Å². The van der Waals surface area contributed by atoms with E-state index in [0.717, 1.165) is 41.0 Å². The van der Waals surface area contributed by atoms with Gasteiger partial charge in [-0.05, 0) is 43.5 Å². The van der Waals surface area contributed by atoms with Crippen LogP contribution in [0.15, 0.2) is 65.0 Å². The van der Waals surface area contributed by atoms with Gasteiger partial charge in [0.2, 0.25) is 11.1 Å². The van der Waals surface area contributed by atoms with Crippen molar-refractivity contribution < 1.29 is 19.4 Å². The molecule has 3 aromatic rings. The van der Waals surface area contributed by atoms with Crippen LogP contribution in [-0.4, -0.2) is 38.2 Å². The van der Waals surface area contributed by atoms with Crippen molar-refractivity contribution in [2.24, 2.45) is 0 Å². The van der Waals surface area contributed by atoms with E-state index in [1.165, 1.54) is 11.8 Å². The number of allylic oxidation sites excluding steroid dienone is 2. The zero-order valence-electron chi connectivity index (χ0n) is 18.7. The second-order valence-corrected chi connectivity index (χ2v) is 9.06. The van der Waals surface area contributed by atoms with Crippen molar-refractivity contribution in [3.8, 4) is 5.75 Å². The van der Waals surface area contributed by atoms with Crippen molar-refractivity contribution in [1.29, 1.82) is 0 Å². The lowest BCUT2D eigenvalue weighted by Crippen LogP contribution is -2.31. The lowest BCUT2D eigenvalue weighted by atomic mass is 9.85. The first-order chi connectivity index (χ1) is 16.5. The first kappa shape index (κ1) is 22.2. The van der Waals surface area contributed by atoms with E-state index in [2.05, 4.69) is 5.32 Å². The highest BCUT2D eigenvalue weighted by Crippen LogP contribution is 2.43. The summed E-state index contributed by atoms with van der Waals surface area (Å²) < 4.78 is 7.68. The lowest BCUT2D eigenvalue weighted by molar-refractivity contribution is -0.116. The summed E-state index contributed by atoms with van der Waals surface area (Å²) in [5.41, 5.74) is 3.76. The minimum absolute atomic E-state index is 0.124. The quantitative estimate of drug-likeness (QED) is 0.473. The molecule has 0 bridgehead atoms. The number of hydrogen-bond acceptors (Lipinski definition) is 7. The van der Waals surface area contributed by atoms with Gasteiger partial charge in [0.1, 0.15) is 11.8 Å². The zero-order chi connectivity index (χ0) is 23.7. The molecule has 0 radical (unpaired) electrons. The maximum Gasteiger partial charge on any atom is 0.335 e. The molecule has 1 atom stereocenters. The number of thioether (sulfide) groups is 1. The van der Waals surface area contributed by atoms with Gasteiger partial charge in [-0.1, -0.05) is 42.1 Å².